The second-order valence-electron chi connectivity index (χ2n) is 7.00. The van der Waals surface area contributed by atoms with Crippen LogP contribution >= 0.6 is 23.2 Å². The van der Waals surface area contributed by atoms with Gasteiger partial charge in [0.15, 0.2) is 12.0 Å². The van der Waals surface area contributed by atoms with Gasteiger partial charge in [0, 0.05) is 44.2 Å². The van der Waals surface area contributed by atoms with E-state index in [1.165, 1.54) is 0 Å². The van der Waals surface area contributed by atoms with Crippen LogP contribution in [0.15, 0.2) is 42.0 Å². The van der Waals surface area contributed by atoms with Gasteiger partial charge in [-0.2, -0.15) is 0 Å². The van der Waals surface area contributed by atoms with E-state index in [1.54, 1.807) is 18.3 Å². The van der Waals surface area contributed by atoms with Gasteiger partial charge < -0.3 is 14.5 Å². The van der Waals surface area contributed by atoms with Crippen molar-refractivity contribution >= 4 is 23.2 Å². The summed E-state index contributed by atoms with van der Waals surface area (Å²) < 4.78 is 6.14. The lowest BCUT2D eigenvalue weighted by atomic mass is 10.1. The quantitative estimate of drug-likeness (QED) is 0.400. The lowest BCUT2D eigenvalue weighted by Gasteiger charge is -2.34. The summed E-state index contributed by atoms with van der Waals surface area (Å²) in [7, 11) is 0. The van der Waals surface area contributed by atoms with Gasteiger partial charge in [0.25, 0.3) is 5.70 Å². The molecule has 0 amide bonds. The molecule has 4 rings (SSSR count). The number of halogens is 2. The van der Waals surface area contributed by atoms with E-state index in [9.17, 15) is 10.1 Å². The molecule has 8 nitrogen and oxygen atoms in total. The van der Waals surface area contributed by atoms with Crippen LogP contribution in [0.4, 0.5) is 0 Å². The Morgan fingerprint density at radius 2 is 2.03 bits per heavy atom. The molecule has 2 aliphatic heterocycles. The van der Waals surface area contributed by atoms with Crippen molar-refractivity contribution in [1.82, 2.24) is 19.8 Å². The first-order valence-corrected chi connectivity index (χ1v) is 9.97. The molecule has 0 N–H and O–H groups in total. The Hall–Kier alpha value is -2.58. The number of aromatic nitrogens is 2. The molecule has 0 aliphatic carbocycles. The van der Waals surface area contributed by atoms with Crippen LogP contribution in [0, 0.1) is 17.0 Å². The lowest BCUT2D eigenvalue weighted by Crippen LogP contribution is -2.42. The number of hydrogen-bond donors (Lipinski definition) is 0. The minimum atomic E-state index is -0.341. The maximum atomic E-state index is 11.7. The van der Waals surface area contributed by atoms with Crippen LogP contribution in [-0.4, -0.2) is 44.0 Å². The summed E-state index contributed by atoms with van der Waals surface area (Å²) in [6, 6.07) is 7.14. The molecule has 4 heterocycles. The summed E-state index contributed by atoms with van der Waals surface area (Å²) in [6.07, 6.45) is 2.17. The Morgan fingerprint density at radius 1 is 1.24 bits per heavy atom. The molecule has 1 atom stereocenters. The van der Waals surface area contributed by atoms with Crippen molar-refractivity contribution in [1.29, 1.82) is 0 Å². The lowest BCUT2D eigenvalue weighted by molar-refractivity contribution is -0.433. The number of aryl methyl sites for hydroxylation is 1. The molecule has 0 saturated carbocycles. The van der Waals surface area contributed by atoms with Gasteiger partial charge in [-0.05, 0) is 24.6 Å². The fourth-order valence-electron chi connectivity index (χ4n) is 3.68. The SMILES string of the molecule is Cc1ccc(Cl)nc1OC1CCC([N+](=O)[O-])=C2N(Cc3ccc(Cl)nc3)CCN21. The van der Waals surface area contributed by atoms with Gasteiger partial charge in [-0.15, -0.1) is 0 Å². The van der Waals surface area contributed by atoms with Gasteiger partial charge in [0.2, 0.25) is 5.88 Å². The highest BCUT2D eigenvalue weighted by Crippen LogP contribution is 2.35. The van der Waals surface area contributed by atoms with Crippen molar-refractivity contribution in [3.63, 3.8) is 0 Å². The third kappa shape index (κ3) is 4.09. The molecule has 1 unspecified atom stereocenters. The van der Waals surface area contributed by atoms with Crippen LogP contribution < -0.4 is 4.74 Å². The van der Waals surface area contributed by atoms with E-state index in [1.807, 2.05) is 28.9 Å². The molecular weight excluding hydrogens is 417 g/mol. The van der Waals surface area contributed by atoms with Gasteiger partial charge in [-0.3, -0.25) is 10.1 Å². The summed E-state index contributed by atoms with van der Waals surface area (Å²) in [5, 5.41) is 12.5. The van der Waals surface area contributed by atoms with Gasteiger partial charge in [0.1, 0.15) is 10.3 Å². The van der Waals surface area contributed by atoms with Crippen LogP contribution in [0.25, 0.3) is 0 Å². The van der Waals surface area contributed by atoms with E-state index in [-0.39, 0.29) is 16.8 Å². The highest BCUT2D eigenvalue weighted by atomic mass is 35.5. The molecule has 0 spiro atoms. The van der Waals surface area contributed by atoms with Crippen molar-refractivity contribution in [3.05, 3.63) is 73.5 Å². The topological polar surface area (TPSA) is 84.6 Å². The zero-order chi connectivity index (χ0) is 20.5. The first-order chi connectivity index (χ1) is 13.9. The predicted molar refractivity (Wildman–Crippen MR) is 108 cm³/mol. The van der Waals surface area contributed by atoms with Gasteiger partial charge in [0.05, 0.1) is 4.92 Å². The van der Waals surface area contributed by atoms with E-state index >= 15 is 0 Å². The van der Waals surface area contributed by atoms with Crippen LogP contribution in [0.5, 0.6) is 5.88 Å². The average molecular weight is 436 g/mol. The fraction of sp³-hybridized carbons (Fsp3) is 0.368. The largest absolute Gasteiger partial charge is 0.453 e. The Morgan fingerprint density at radius 3 is 2.76 bits per heavy atom. The molecule has 2 aromatic heterocycles. The van der Waals surface area contributed by atoms with E-state index in [2.05, 4.69) is 9.97 Å². The van der Waals surface area contributed by atoms with E-state index in [4.69, 9.17) is 27.9 Å². The second-order valence-corrected chi connectivity index (χ2v) is 7.77. The molecule has 0 bridgehead atoms. The average Bonchev–Trinajstić information content (AvgIpc) is 3.10. The number of fused-ring (bicyclic) bond motifs is 1. The highest BCUT2D eigenvalue weighted by molar-refractivity contribution is 6.29. The van der Waals surface area contributed by atoms with Crippen molar-refractivity contribution < 1.29 is 9.66 Å². The molecule has 2 aliphatic rings. The van der Waals surface area contributed by atoms with E-state index in [0.717, 1.165) is 11.1 Å². The first-order valence-electron chi connectivity index (χ1n) is 9.22. The Kier molecular flexibility index (Phi) is 5.47. The summed E-state index contributed by atoms with van der Waals surface area (Å²) in [4.78, 5) is 23.7. The fourth-order valence-corrected chi connectivity index (χ4v) is 3.94. The Balaban J connectivity index is 1.60. The monoisotopic (exact) mass is 435 g/mol. The smallest absolute Gasteiger partial charge is 0.286 e. The Labute approximate surface area is 177 Å². The number of nitro groups is 1. The molecule has 10 heteroatoms. The summed E-state index contributed by atoms with van der Waals surface area (Å²) in [5.41, 5.74) is 2.00. The van der Waals surface area contributed by atoms with Gasteiger partial charge in [-0.25, -0.2) is 9.97 Å². The molecule has 2 aromatic rings. The van der Waals surface area contributed by atoms with Crippen LogP contribution in [0.1, 0.15) is 24.0 Å². The maximum absolute atomic E-state index is 11.7. The third-order valence-corrected chi connectivity index (χ3v) is 5.50. The molecule has 152 valence electrons. The van der Waals surface area contributed by atoms with Crippen molar-refractivity contribution in [2.24, 2.45) is 0 Å². The number of ether oxygens (including phenoxy) is 1. The highest BCUT2D eigenvalue weighted by Gasteiger charge is 2.42. The normalized spacial score (nSPS) is 18.8. The Bertz CT molecular complexity index is 967. The summed E-state index contributed by atoms with van der Waals surface area (Å²) in [6.45, 7) is 3.67. The van der Waals surface area contributed by atoms with E-state index < -0.39 is 0 Å². The van der Waals surface area contributed by atoms with E-state index in [0.29, 0.717) is 54.5 Å². The predicted octanol–water partition coefficient (Wildman–Crippen LogP) is 3.85. The maximum Gasteiger partial charge on any atom is 0.286 e. The first kappa shape index (κ1) is 19.7. The number of allylic oxidation sites excluding steroid dienone is 1. The van der Waals surface area contributed by atoms with Crippen molar-refractivity contribution in [2.75, 3.05) is 13.1 Å². The van der Waals surface area contributed by atoms with Crippen molar-refractivity contribution in [2.45, 2.75) is 32.5 Å². The number of nitrogens with zero attached hydrogens (tertiary/aromatic N) is 5. The second kappa shape index (κ2) is 8.04. The van der Waals surface area contributed by atoms with Gasteiger partial charge >= 0.3 is 0 Å². The number of pyridine rings is 2. The van der Waals surface area contributed by atoms with Crippen LogP contribution in [0.3, 0.4) is 0 Å². The number of rotatable bonds is 5. The standard InChI is InChI=1S/C19H19Cl2N5O3/c1-12-2-5-16(21)23-18(12)29-17-7-4-14(26(27)28)19-24(8-9-25(17)19)11-13-3-6-15(20)22-10-13/h2-3,5-6,10,17H,4,7-9,11H2,1H3. The third-order valence-electron chi connectivity index (χ3n) is 5.06. The van der Waals surface area contributed by atoms with Crippen LogP contribution in [-0.2, 0) is 6.54 Å². The molecule has 0 radical (unpaired) electrons. The molecule has 0 aromatic carbocycles. The minimum Gasteiger partial charge on any atom is -0.453 e. The molecule has 1 fully saturated rings. The zero-order valence-corrected chi connectivity index (χ0v) is 17.2. The van der Waals surface area contributed by atoms with Crippen molar-refractivity contribution in [3.8, 4) is 5.88 Å². The molecular formula is C19H19Cl2N5O3. The molecule has 1 saturated heterocycles. The van der Waals surface area contributed by atoms with Gasteiger partial charge in [-0.1, -0.05) is 35.3 Å². The summed E-state index contributed by atoms with van der Waals surface area (Å²) >= 11 is 11.9. The molecule has 29 heavy (non-hydrogen) atoms. The zero-order valence-electron chi connectivity index (χ0n) is 15.7. The number of hydrogen-bond acceptors (Lipinski definition) is 7. The summed E-state index contributed by atoms with van der Waals surface area (Å²) in [5.74, 6) is 1.05. The van der Waals surface area contributed by atoms with Crippen LogP contribution in [0.2, 0.25) is 10.3 Å². The minimum absolute atomic E-state index is 0.208.